The summed E-state index contributed by atoms with van der Waals surface area (Å²) in [4.78, 5) is 6.76. The molecule has 7 heteroatoms. The number of rotatable bonds is 7. The normalized spacial score (nSPS) is 16.8. The lowest BCUT2D eigenvalue weighted by atomic mass is 10.1. The fraction of sp³-hybridized carbons (Fsp3) is 0.611. The molecule has 0 saturated heterocycles. The fourth-order valence-corrected chi connectivity index (χ4v) is 2.59. The Bertz CT molecular complexity index is 582. The number of halogens is 3. The van der Waals surface area contributed by atoms with Gasteiger partial charge < -0.3 is 10.6 Å². The molecule has 0 radical (unpaired) electrons. The first kappa shape index (κ1) is 19.6. The largest absolute Gasteiger partial charge is 0.416 e. The molecule has 2 rings (SSSR count). The summed E-state index contributed by atoms with van der Waals surface area (Å²) in [7, 11) is 2.12. The van der Waals surface area contributed by atoms with Gasteiger partial charge in [-0.1, -0.05) is 12.1 Å². The van der Waals surface area contributed by atoms with Gasteiger partial charge in [-0.2, -0.15) is 13.2 Å². The minimum absolute atomic E-state index is 0.200. The lowest BCUT2D eigenvalue weighted by molar-refractivity contribution is -0.137. The molecule has 0 aromatic heterocycles. The van der Waals surface area contributed by atoms with Crippen molar-refractivity contribution in [2.24, 2.45) is 4.99 Å². The highest BCUT2D eigenvalue weighted by Gasteiger charge is 2.30. The zero-order valence-electron chi connectivity index (χ0n) is 15.0. The molecule has 1 aliphatic carbocycles. The third kappa shape index (κ3) is 6.23. The average Bonchev–Trinajstić information content (AvgIpc) is 3.41. The SMILES string of the molecule is CCNC(=NCc1cccc(C(F)(F)F)c1)NCC(C)N(C)C1CC1. The van der Waals surface area contributed by atoms with Gasteiger partial charge in [-0.25, -0.2) is 4.99 Å². The molecule has 0 amide bonds. The molecular weight excluding hydrogens is 329 g/mol. The van der Waals surface area contributed by atoms with Crippen LogP contribution in [0.3, 0.4) is 0 Å². The molecule has 1 aromatic rings. The summed E-state index contributed by atoms with van der Waals surface area (Å²) < 4.78 is 38.3. The Morgan fingerprint density at radius 3 is 2.64 bits per heavy atom. The molecule has 1 saturated carbocycles. The summed E-state index contributed by atoms with van der Waals surface area (Å²) in [6.07, 6.45) is -1.82. The van der Waals surface area contributed by atoms with E-state index in [1.165, 1.54) is 18.9 Å². The molecule has 1 fully saturated rings. The summed E-state index contributed by atoms with van der Waals surface area (Å²) in [5, 5.41) is 6.41. The quantitative estimate of drug-likeness (QED) is 0.582. The summed E-state index contributed by atoms with van der Waals surface area (Å²) in [6.45, 7) is 5.75. The predicted molar refractivity (Wildman–Crippen MR) is 94.5 cm³/mol. The van der Waals surface area contributed by atoms with Gasteiger partial charge in [0.05, 0.1) is 12.1 Å². The number of likely N-dealkylation sites (N-methyl/N-ethyl adjacent to an activating group) is 1. The average molecular weight is 356 g/mol. The van der Waals surface area contributed by atoms with E-state index in [4.69, 9.17) is 0 Å². The van der Waals surface area contributed by atoms with Gasteiger partial charge in [0.2, 0.25) is 0 Å². The Hall–Kier alpha value is -1.76. The molecule has 0 spiro atoms. The van der Waals surface area contributed by atoms with Crippen LogP contribution in [-0.4, -0.2) is 43.1 Å². The molecule has 1 aliphatic rings. The van der Waals surface area contributed by atoms with E-state index in [1.807, 2.05) is 6.92 Å². The van der Waals surface area contributed by atoms with Crippen molar-refractivity contribution < 1.29 is 13.2 Å². The van der Waals surface area contributed by atoms with Crippen LogP contribution < -0.4 is 10.6 Å². The van der Waals surface area contributed by atoms with Crippen molar-refractivity contribution >= 4 is 5.96 Å². The van der Waals surface area contributed by atoms with E-state index in [0.29, 0.717) is 30.2 Å². The van der Waals surface area contributed by atoms with E-state index >= 15 is 0 Å². The summed E-state index contributed by atoms with van der Waals surface area (Å²) in [5.41, 5.74) is -0.104. The molecule has 4 nitrogen and oxygen atoms in total. The molecule has 2 N–H and O–H groups in total. The summed E-state index contributed by atoms with van der Waals surface area (Å²) in [6, 6.07) is 6.35. The van der Waals surface area contributed by atoms with Crippen LogP contribution in [0, 0.1) is 0 Å². The maximum Gasteiger partial charge on any atom is 0.416 e. The highest BCUT2D eigenvalue weighted by Crippen LogP contribution is 2.29. The van der Waals surface area contributed by atoms with Crippen LogP contribution in [0.5, 0.6) is 0 Å². The topological polar surface area (TPSA) is 39.7 Å². The van der Waals surface area contributed by atoms with Crippen LogP contribution in [0.1, 0.15) is 37.8 Å². The van der Waals surface area contributed by atoms with Crippen molar-refractivity contribution in [2.45, 2.75) is 51.5 Å². The Morgan fingerprint density at radius 1 is 1.32 bits per heavy atom. The Labute approximate surface area is 147 Å². The minimum atomic E-state index is -4.33. The first-order chi connectivity index (χ1) is 11.8. The first-order valence-electron chi connectivity index (χ1n) is 8.71. The predicted octanol–water partition coefficient (Wildman–Crippen LogP) is 3.24. The standard InChI is InChI=1S/C18H27F3N4/c1-4-22-17(23-11-13(2)25(3)16-8-9-16)24-12-14-6-5-7-15(10-14)18(19,20)21/h5-7,10,13,16H,4,8-9,11-12H2,1-3H3,(H2,22,23,24). The Balaban J connectivity index is 1.94. The zero-order chi connectivity index (χ0) is 18.4. The van der Waals surface area contributed by atoms with Crippen LogP contribution in [0.4, 0.5) is 13.2 Å². The molecule has 1 atom stereocenters. The van der Waals surface area contributed by atoms with Gasteiger partial charge in [-0.15, -0.1) is 0 Å². The Kier molecular flexibility index (Phi) is 6.70. The van der Waals surface area contributed by atoms with Crippen molar-refractivity contribution in [3.05, 3.63) is 35.4 Å². The van der Waals surface area contributed by atoms with Gasteiger partial charge in [0, 0.05) is 25.2 Å². The van der Waals surface area contributed by atoms with E-state index in [0.717, 1.165) is 18.7 Å². The lowest BCUT2D eigenvalue weighted by Gasteiger charge is -2.25. The second-order valence-electron chi connectivity index (χ2n) is 6.52. The number of hydrogen-bond acceptors (Lipinski definition) is 2. The van der Waals surface area contributed by atoms with E-state index in [-0.39, 0.29) is 6.54 Å². The van der Waals surface area contributed by atoms with Gasteiger partial charge in [0.25, 0.3) is 0 Å². The molecule has 0 aliphatic heterocycles. The maximum absolute atomic E-state index is 12.8. The molecule has 0 bridgehead atoms. The van der Waals surface area contributed by atoms with E-state index in [1.54, 1.807) is 6.07 Å². The second-order valence-corrected chi connectivity index (χ2v) is 6.52. The molecule has 0 heterocycles. The monoisotopic (exact) mass is 356 g/mol. The lowest BCUT2D eigenvalue weighted by Crippen LogP contribution is -2.45. The molecular formula is C18H27F3N4. The maximum atomic E-state index is 12.8. The fourth-order valence-electron chi connectivity index (χ4n) is 2.59. The van der Waals surface area contributed by atoms with Gasteiger partial charge >= 0.3 is 6.18 Å². The van der Waals surface area contributed by atoms with E-state index in [9.17, 15) is 13.2 Å². The molecule has 1 unspecified atom stereocenters. The van der Waals surface area contributed by atoms with Crippen LogP contribution >= 0.6 is 0 Å². The van der Waals surface area contributed by atoms with Crippen LogP contribution in [-0.2, 0) is 12.7 Å². The van der Waals surface area contributed by atoms with Crippen LogP contribution in [0.2, 0.25) is 0 Å². The van der Waals surface area contributed by atoms with Crippen molar-refractivity contribution in [2.75, 3.05) is 20.1 Å². The molecule has 25 heavy (non-hydrogen) atoms. The van der Waals surface area contributed by atoms with Crippen molar-refractivity contribution in [1.29, 1.82) is 0 Å². The zero-order valence-corrected chi connectivity index (χ0v) is 15.0. The summed E-state index contributed by atoms with van der Waals surface area (Å²) in [5.74, 6) is 0.621. The van der Waals surface area contributed by atoms with Gasteiger partial charge in [0.1, 0.15) is 0 Å². The highest BCUT2D eigenvalue weighted by atomic mass is 19.4. The first-order valence-corrected chi connectivity index (χ1v) is 8.71. The molecule has 140 valence electrons. The van der Waals surface area contributed by atoms with E-state index in [2.05, 4.69) is 34.5 Å². The number of nitrogens with zero attached hydrogens (tertiary/aromatic N) is 2. The van der Waals surface area contributed by atoms with E-state index < -0.39 is 11.7 Å². The van der Waals surface area contributed by atoms with Gasteiger partial charge in [-0.05, 0) is 51.4 Å². The van der Waals surface area contributed by atoms with Crippen molar-refractivity contribution in [1.82, 2.24) is 15.5 Å². The molecule has 1 aromatic carbocycles. The highest BCUT2D eigenvalue weighted by molar-refractivity contribution is 5.79. The van der Waals surface area contributed by atoms with Crippen molar-refractivity contribution in [3.63, 3.8) is 0 Å². The van der Waals surface area contributed by atoms with Crippen molar-refractivity contribution in [3.8, 4) is 0 Å². The summed E-state index contributed by atoms with van der Waals surface area (Å²) >= 11 is 0. The Morgan fingerprint density at radius 2 is 2.04 bits per heavy atom. The number of alkyl halides is 3. The van der Waals surface area contributed by atoms with Gasteiger partial charge in [0.15, 0.2) is 5.96 Å². The second kappa shape index (κ2) is 8.56. The third-order valence-corrected chi connectivity index (χ3v) is 4.40. The number of hydrogen-bond donors (Lipinski definition) is 2. The number of guanidine groups is 1. The number of nitrogens with one attached hydrogen (secondary N) is 2. The smallest absolute Gasteiger partial charge is 0.357 e. The third-order valence-electron chi connectivity index (χ3n) is 4.40. The van der Waals surface area contributed by atoms with Crippen LogP contribution in [0.25, 0.3) is 0 Å². The van der Waals surface area contributed by atoms with Crippen LogP contribution in [0.15, 0.2) is 29.3 Å². The number of aliphatic imine (C=N–C) groups is 1. The van der Waals surface area contributed by atoms with Gasteiger partial charge in [-0.3, -0.25) is 4.90 Å². The minimum Gasteiger partial charge on any atom is -0.357 e. The number of benzene rings is 1.